The number of aliphatic hydroxyl groups is 1. The van der Waals surface area contributed by atoms with Gasteiger partial charge in [0, 0.05) is 44.0 Å². The first-order chi connectivity index (χ1) is 18.0. The second kappa shape index (κ2) is 12.1. The topological polar surface area (TPSA) is 113 Å². The van der Waals surface area contributed by atoms with Gasteiger partial charge < -0.3 is 24.9 Å². The second-order valence-electron chi connectivity index (χ2n) is 9.68. The Bertz CT molecular complexity index is 1200. The predicted molar refractivity (Wildman–Crippen MR) is 142 cm³/mol. The average molecular weight is 570 g/mol. The van der Waals surface area contributed by atoms with Crippen LogP contribution in [0.3, 0.4) is 0 Å². The maximum atomic E-state index is 12.7. The van der Waals surface area contributed by atoms with E-state index in [1.165, 1.54) is 30.4 Å². The number of carbonyl (C=O) groups excluding carboxylic acids is 1. The van der Waals surface area contributed by atoms with Gasteiger partial charge in [-0.2, -0.15) is 0 Å². The minimum atomic E-state index is -0.670. The molecule has 1 aliphatic carbocycles. The van der Waals surface area contributed by atoms with E-state index in [2.05, 4.69) is 47.5 Å². The van der Waals surface area contributed by atoms with Crippen LogP contribution in [0.2, 0.25) is 0 Å². The van der Waals surface area contributed by atoms with Gasteiger partial charge in [-0.05, 0) is 64.5 Å². The lowest BCUT2D eigenvalue weighted by atomic mass is 9.99. The zero-order chi connectivity index (χ0) is 25.6. The molecule has 196 valence electrons. The molecule has 3 heterocycles. The van der Waals surface area contributed by atoms with Crippen molar-refractivity contribution in [2.75, 3.05) is 25.0 Å². The van der Waals surface area contributed by atoms with Crippen LogP contribution in [0, 0.1) is 0 Å². The number of nitrogens with one attached hydrogen (secondary N) is 2. The number of ether oxygens (including phenoxy) is 1. The number of amides is 1. The number of rotatable bonds is 10. The number of fused-ring (bicyclic) bond motifs is 1. The number of aromatic nitrogens is 2. The summed E-state index contributed by atoms with van der Waals surface area (Å²) in [6, 6.07) is 7.93. The summed E-state index contributed by atoms with van der Waals surface area (Å²) in [4.78, 5) is 23.1. The maximum Gasteiger partial charge on any atom is 0.251 e. The number of halogens is 1. The summed E-state index contributed by atoms with van der Waals surface area (Å²) in [6.45, 7) is 2.52. The first kappa shape index (κ1) is 25.7. The summed E-state index contributed by atoms with van der Waals surface area (Å²) in [5.41, 5.74) is 2.95. The van der Waals surface area contributed by atoms with Crippen molar-refractivity contribution >= 4 is 27.7 Å². The molecule has 1 atom stereocenters. The van der Waals surface area contributed by atoms with Gasteiger partial charge in [-0.1, -0.05) is 18.9 Å². The van der Waals surface area contributed by atoms with Crippen molar-refractivity contribution in [1.82, 2.24) is 20.2 Å². The summed E-state index contributed by atoms with van der Waals surface area (Å²) >= 11 is 3.70. The molecule has 0 saturated heterocycles. The molecule has 3 N–H and O–H groups in total. The number of anilines is 1. The number of nitrogens with zero attached hydrogens (tertiary/aromatic N) is 3. The fourth-order valence-corrected chi connectivity index (χ4v) is 5.68. The highest BCUT2D eigenvalue weighted by Crippen LogP contribution is 2.35. The number of hydrogen-bond donors (Lipinski definition) is 3. The fourth-order valence-electron chi connectivity index (χ4n) is 4.98. The van der Waals surface area contributed by atoms with Gasteiger partial charge in [0.25, 0.3) is 5.91 Å². The molecule has 10 heteroatoms. The molecule has 2 aromatic heterocycles. The van der Waals surface area contributed by atoms with E-state index in [0.717, 1.165) is 48.4 Å². The molecule has 1 aliphatic heterocycles. The summed E-state index contributed by atoms with van der Waals surface area (Å²) in [5.74, 6) is 1.96. The monoisotopic (exact) mass is 569 g/mol. The number of oxazole rings is 1. The van der Waals surface area contributed by atoms with E-state index in [-0.39, 0.29) is 12.5 Å². The minimum Gasteiger partial charge on any atom is -0.484 e. The summed E-state index contributed by atoms with van der Waals surface area (Å²) in [6.07, 6.45) is 9.59. The molecule has 1 unspecified atom stereocenters. The standard InChI is InChI=1S/C27H32BrN5O4/c28-26-23-8-10-33(14-19(23)5-6-24(26)36-16-22-13-29-17-37-22)15-21(34)12-31-27(35)18-7-9-30-25(11-18)32-20-3-1-2-4-20/h5-7,9,11,13,17,20-21,34H,1-4,8,10,12,14-16H2,(H,30,32)(H,31,35). The largest absolute Gasteiger partial charge is 0.484 e. The molecule has 1 fully saturated rings. The number of carbonyl (C=O) groups is 1. The Morgan fingerprint density at radius 1 is 1.30 bits per heavy atom. The van der Waals surface area contributed by atoms with Crippen molar-refractivity contribution in [2.45, 2.75) is 57.4 Å². The van der Waals surface area contributed by atoms with Crippen LogP contribution in [0.25, 0.3) is 0 Å². The fraction of sp³-hybridized carbons (Fsp3) is 0.444. The average Bonchev–Trinajstić information content (AvgIpc) is 3.62. The summed E-state index contributed by atoms with van der Waals surface area (Å²) < 4.78 is 12.1. The van der Waals surface area contributed by atoms with E-state index >= 15 is 0 Å². The molecular formula is C27H32BrN5O4. The Hall–Kier alpha value is -2.95. The lowest BCUT2D eigenvalue weighted by molar-refractivity contribution is 0.0841. The number of aliphatic hydroxyl groups excluding tert-OH is 1. The van der Waals surface area contributed by atoms with Gasteiger partial charge in [0.1, 0.15) is 18.2 Å². The lowest BCUT2D eigenvalue weighted by Gasteiger charge is -2.31. The Kier molecular flexibility index (Phi) is 8.38. The zero-order valence-corrected chi connectivity index (χ0v) is 22.2. The Morgan fingerprint density at radius 3 is 2.97 bits per heavy atom. The third-order valence-electron chi connectivity index (χ3n) is 6.93. The number of pyridine rings is 1. The van der Waals surface area contributed by atoms with Gasteiger partial charge in [-0.15, -0.1) is 0 Å². The van der Waals surface area contributed by atoms with Crippen LogP contribution in [0.4, 0.5) is 5.82 Å². The van der Waals surface area contributed by atoms with Crippen molar-refractivity contribution in [2.24, 2.45) is 0 Å². The van der Waals surface area contributed by atoms with Crippen LogP contribution < -0.4 is 15.4 Å². The quantitative estimate of drug-likeness (QED) is 0.337. The third kappa shape index (κ3) is 6.68. The first-order valence-corrected chi connectivity index (χ1v) is 13.6. The molecular weight excluding hydrogens is 538 g/mol. The van der Waals surface area contributed by atoms with E-state index in [9.17, 15) is 9.90 Å². The van der Waals surface area contributed by atoms with E-state index in [1.54, 1.807) is 24.5 Å². The maximum absolute atomic E-state index is 12.7. The summed E-state index contributed by atoms with van der Waals surface area (Å²) in [7, 11) is 0. The van der Waals surface area contributed by atoms with E-state index in [1.807, 2.05) is 6.07 Å². The number of β-amino-alcohol motifs (C(OH)–C–C–N with tert-alkyl or cyclic N) is 1. The highest BCUT2D eigenvalue weighted by atomic mass is 79.9. The lowest BCUT2D eigenvalue weighted by Crippen LogP contribution is -2.42. The van der Waals surface area contributed by atoms with Crippen molar-refractivity contribution in [1.29, 1.82) is 0 Å². The smallest absolute Gasteiger partial charge is 0.251 e. The van der Waals surface area contributed by atoms with Gasteiger partial charge >= 0.3 is 0 Å². The van der Waals surface area contributed by atoms with Gasteiger partial charge in [-0.3, -0.25) is 9.69 Å². The van der Waals surface area contributed by atoms with Crippen LogP contribution in [-0.4, -0.2) is 57.7 Å². The van der Waals surface area contributed by atoms with Gasteiger partial charge in [0.15, 0.2) is 12.2 Å². The molecule has 3 aromatic rings. The van der Waals surface area contributed by atoms with Crippen molar-refractivity contribution < 1.29 is 19.1 Å². The Labute approximate surface area is 224 Å². The summed E-state index contributed by atoms with van der Waals surface area (Å²) in [5, 5.41) is 16.9. The molecule has 1 saturated carbocycles. The van der Waals surface area contributed by atoms with E-state index < -0.39 is 6.10 Å². The van der Waals surface area contributed by atoms with Crippen LogP contribution in [-0.2, 0) is 19.6 Å². The third-order valence-corrected chi connectivity index (χ3v) is 7.80. The highest BCUT2D eigenvalue weighted by Gasteiger charge is 2.23. The van der Waals surface area contributed by atoms with Gasteiger partial charge in [0.2, 0.25) is 0 Å². The van der Waals surface area contributed by atoms with Crippen molar-refractivity contribution in [3.63, 3.8) is 0 Å². The van der Waals surface area contributed by atoms with Gasteiger partial charge in [-0.25, -0.2) is 9.97 Å². The Balaban J connectivity index is 1.10. The number of hydrogen-bond acceptors (Lipinski definition) is 8. The first-order valence-electron chi connectivity index (χ1n) is 12.8. The molecule has 9 nitrogen and oxygen atoms in total. The van der Waals surface area contributed by atoms with Crippen molar-refractivity contribution in [3.8, 4) is 5.75 Å². The van der Waals surface area contributed by atoms with Crippen LogP contribution in [0.1, 0.15) is 52.9 Å². The van der Waals surface area contributed by atoms with Crippen LogP contribution >= 0.6 is 15.9 Å². The molecule has 1 aromatic carbocycles. The van der Waals surface area contributed by atoms with Gasteiger partial charge in [0.05, 0.1) is 16.8 Å². The SMILES string of the molecule is O=C(NCC(O)CN1CCc2c(ccc(OCc3cnco3)c2Br)C1)c1ccnc(NC2CCCC2)c1. The Morgan fingerprint density at radius 2 is 2.16 bits per heavy atom. The highest BCUT2D eigenvalue weighted by molar-refractivity contribution is 9.10. The van der Waals surface area contributed by atoms with E-state index in [0.29, 0.717) is 30.5 Å². The second-order valence-corrected chi connectivity index (χ2v) is 10.5. The normalized spacial score (nSPS) is 16.8. The van der Waals surface area contributed by atoms with E-state index in [4.69, 9.17) is 9.15 Å². The molecule has 37 heavy (non-hydrogen) atoms. The predicted octanol–water partition coefficient (Wildman–Crippen LogP) is 3.91. The minimum absolute atomic E-state index is 0.189. The molecule has 0 radical (unpaired) electrons. The molecule has 1 amide bonds. The van der Waals surface area contributed by atoms with Crippen LogP contribution in [0.5, 0.6) is 5.75 Å². The molecule has 2 aliphatic rings. The number of benzene rings is 1. The zero-order valence-electron chi connectivity index (χ0n) is 20.7. The van der Waals surface area contributed by atoms with Crippen molar-refractivity contribution in [3.05, 3.63) is 70.0 Å². The molecule has 0 spiro atoms. The molecule has 5 rings (SSSR count). The van der Waals surface area contributed by atoms with Crippen LogP contribution in [0.15, 0.2) is 51.9 Å². The molecule has 0 bridgehead atoms.